The topological polar surface area (TPSA) is 86.0 Å². The van der Waals surface area contributed by atoms with Gasteiger partial charge in [-0.2, -0.15) is 0 Å². The standard InChI is InChI=1S/C23H28N6O2S/c1-15-9-11-28(12-10-15)22(30)21-20(14-32-23-24-16(2)13-17(3)25-23)29(27-26-21)18-5-7-19(31-4)8-6-18/h5-8,13,15H,9-12,14H2,1-4H3. The lowest BCUT2D eigenvalue weighted by Gasteiger charge is -2.29. The maximum Gasteiger partial charge on any atom is 0.276 e. The van der Waals surface area contributed by atoms with Crippen LogP contribution in [0.2, 0.25) is 0 Å². The van der Waals surface area contributed by atoms with Crippen LogP contribution in [-0.4, -0.2) is 56.0 Å². The summed E-state index contributed by atoms with van der Waals surface area (Å²) in [5.74, 6) is 1.82. The molecule has 0 bridgehead atoms. The van der Waals surface area contributed by atoms with Crippen molar-refractivity contribution in [2.45, 2.75) is 44.5 Å². The van der Waals surface area contributed by atoms with Crippen LogP contribution in [0.1, 0.15) is 47.3 Å². The second kappa shape index (κ2) is 9.68. The number of methoxy groups -OCH3 is 1. The number of benzene rings is 1. The van der Waals surface area contributed by atoms with Gasteiger partial charge < -0.3 is 9.64 Å². The number of nitrogens with zero attached hydrogens (tertiary/aromatic N) is 6. The highest BCUT2D eigenvalue weighted by atomic mass is 32.2. The first-order chi connectivity index (χ1) is 15.4. The number of carbonyl (C=O) groups is 1. The average molecular weight is 453 g/mol. The zero-order valence-corrected chi connectivity index (χ0v) is 19.7. The van der Waals surface area contributed by atoms with Gasteiger partial charge in [0.05, 0.1) is 18.5 Å². The van der Waals surface area contributed by atoms with Crippen LogP contribution in [0, 0.1) is 19.8 Å². The first-order valence-corrected chi connectivity index (χ1v) is 11.8. The van der Waals surface area contributed by atoms with E-state index in [-0.39, 0.29) is 5.91 Å². The molecule has 0 atom stereocenters. The van der Waals surface area contributed by atoms with Crippen molar-refractivity contribution in [3.63, 3.8) is 0 Å². The summed E-state index contributed by atoms with van der Waals surface area (Å²) in [5.41, 5.74) is 3.79. The largest absolute Gasteiger partial charge is 0.497 e. The predicted molar refractivity (Wildman–Crippen MR) is 123 cm³/mol. The van der Waals surface area contributed by atoms with Gasteiger partial charge in [-0.3, -0.25) is 4.79 Å². The van der Waals surface area contributed by atoms with E-state index >= 15 is 0 Å². The lowest BCUT2D eigenvalue weighted by Crippen LogP contribution is -2.38. The average Bonchev–Trinajstić information content (AvgIpc) is 3.21. The molecule has 1 saturated heterocycles. The van der Waals surface area contributed by atoms with Gasteiger partial charge in [0.25, 0.3) is 5.91 Å². The first kappa shape index (κ1) is 22.3. The Morgan fingerprint density at radius 3 is 2.41 bits per heavy atom. The van der Waals surface area contributed by atoms with E-state index in [9.17, 15) is 4.79 Å². The zero-order valence-electron chi connectivity index (χ0n) is 18.9. The molecule has 0 aliphatic carbocycles. The summed E-state index contributed by atoms with van der Waals surface area (Å²) >= 11 is 1.48. The SMILES string of the molecule is COc1ccc(-n2nnc(C(=O)N3CCC(C)CC3)c2CSc2nc(C)cc(C)n2)cc1. The third kappa shape index (κ3) is 4.93. The van der Waals surface area contributed by atoms with Gasteiger partial charge in [-0.05, 0) is 62.9 Å². The van der Waals surface area contributed by atoms with Crippen LogP contribution in [0.15, 0.2) is 35.5 Å². The molecule has 4 rings (SSSR count). The van der Waals surface area contributed by atoms with Gasteiger partial charge in [0.15, 0.2) is 10.9 Å². The molecule has 32 heavy (non-hydrogen) atoms. The van der Waals surface area contributed by atoms with Crippen LogP contribution in [0.4, 0.5) is 0 Å². The van der Waals surface area contributed by atoms with Crippen molar-refractivity contribution in [2.24, 2.45) is 5.92 Å². The molecule has 1 fully saturated rings. The molecule has 1 aliphatic rings. The van der Waals surface area contributed by atoms with E-state index in [0.717, 1.165) is 54.4 Å². The predicted octanol–water partition coefficient (Wildman–Crippen LogP) is 3.85. The Kier molecular flexibility index (Phi) is 6.74. The smallest absolute Gasteiger partial charge is 0.276 e. The van der Waals surface area contributed by atoms with Crippen LogP contribution in [0.25, 0.3) is 5.69 Å². The summed E-state index contributed by atoms with van der Waals surface area (Å²) in [6.45, 7) is 7.64. The molecule has 9 heteroatoms. The molecule has 3 aromatic rings. The second-order valence-corrected chi connectivity index (χ2v) is 9.13. The number of amides is 1. The Morgan fingerprint density at radius 1 is 1.12 bits per heavy atom. The molecule has 0 saturated carbocycles. The third-order valence-corrected chi connectivity index (χ3v) is 6.51. The van der Waals surface area contributed by atoms with Crippen molar-refractivity contribution in [3.8, 4) is 11.4 Å². The number of aryl methyl sites for hydroxylation is 2. The Morgan fingerprint density at radius 2 is 1.78 bits per heavy atom. The Balaban J connectivity index is 1.66. The molecule has 168 valence electrons. The molecule has 0 N–H and O–H groups in total. The number of carbonyl (C=O) groups excluding carboxylic acids is 1. The fraction of sp³-hybridized carbons (Fsp3) is 0.435. The maximum atomic E-state index is 13.3. The van der Waals surface area contributed by atoms with E-state index < -0.39 is 0 Å². The highest BCUT2D eigenvalue weighted by Gasteiger charge is 2.28. The van der Waals surface area contributed by atoms with Crippen LogP contribution in [0.5, 0.6) is 5.75 Å². The van der Waals surface area contributed by atoms with Crippen LogP contribution < -0.4 is 4.74 Å². The lowest BCUT2D eigenvalue weighted by atomic mass is 9.99. The fourth-order valence-electron chi connectivity index (χ4n) is 3.78. The van der Waals surface area contributed by atoms with Gasteiger partial charge in [-0.1, -0.05) is 23.9 Å². The van der Waals surface area contributed by atoms with E-state index in [1.54, 1.807) is 11.8 Å². The van der Waals surface area contributed by atoms with Gasteiger partial charge in [0.2, 0.25) is 0 Å². The van der Waals surface area contributed by atoms with E-state index in [1.807, 2.05) is 49.1 Å². The molecule has 3 heterocycles. The van der Waals surface area contributed by atoms with Crippen LogP contribution >= 0.6 is 11.8 Å². The Bertz CT molecular complexity index is 1070. The monoisotopic (exact) mass is 452 g/mol. The molecule has 1 aliphatic heterocycles. The lowest BCUT2D eigenvalue weighted by molar-refractivity contribution is 0.0690. The van der Waals surface area contributed by atoms with Crippen molar-refractivity contribution < 1.29 is 9.53 Å². The zero-order chi connectivity index (χ0) is 22.7. The summed E-state index contributed by atoms with van der Waals surface area (Å²) in [5, 5.41) is 9.33. The summed E-state index contributed by atoms with van der Waals surface area (Å²) in [7, 11) is 1.63. The number of aromatic nitrogens is 5. The molecule has 1 amide bonds. The molecule has 8 nitrogen and oxygen atoms in total. The van der Waals surface area contributed by atoms with Gasteiger partial charge in [-0.15, -0.1) is 5.10 Å². The molecule has 0 unspecified atom stereocenters. The summed E-state index contributed by atoms with van der Waals surface area (Å²) < 4.78 is 7.00. The van der Waals surface area contributed by atoms with Crippen molar-refractivity contribution in [3.05, 3.63) is 53.1 Å². The van der Waals surface area contributed by atoms with Gasteiger partial charge in [0, 0.05) is 30.2 Å². The normalized spacial score (nSPS) is 14.6. The summed E-state index contributed by atoms with van der Waals surface area (Å²) in [6.07, 6.45) is 2.03. The van der Waals surface area contributed by atoms with Crippen molar-refractivity contribution >= 4 is 17.7 Å². The number of rotatable bonds is 6. The number of hydrogen-bond donors (Lipinski definition) is 0. The highest BCUT2D eigenvalue weighted by molar-refractivity contribution is 7.98. The minimum atomic E-state index is -0.0615. The van der Waals surface area contributed by atoms with Gasteiger partial charge >= 0.3 is 0 Å². The number of ether oxygens (including phenoxy) is 1. The first-order valence-electron chi connectivity index (χ1n) is 10.8. The van der Waals surface area contributed by atoms with Crippen LogP contribution in [-0.2, 0) is 5.75 Å². The van der Waals surface area contributed by atoms with E-state index in [4.69, 9.17) is 4.74 Å². The van der Waals surface area contributed by atoms with Gasteiger partial charge in [-0.25, -0.2) is 14.6 Å². The van der Waals surface area contributed by atoms with Crippen molar-refractivity contribution in [2.75, 3.05) is 20.2 Å². The Hall–Kier alpha value is -2.94. The van der Waals surface area contributed by atoms with Crippen molar-refractivity contribution in [1.29, 1.82) is 0 Å². The third-order valence-electron chi connectivity index (χ3n) is 5.65. The summed E-state index contributed by atoms with van der Waals surface area (Å²) in [4.78, 5) is 24.3. The molecule has 0 spiro atoms. The minimum absolute atomic E-state index is 0.0615. The number of thioether (sulfide) groups is 1. The summed E-state index contributed by atoms with van der Waals surface area (Å²) in [6, 6.07) is 9.50. The molecule has 1 aromatic carbocycles. The van der Waals surface area contributed by atoms with E-state index in [0.29, 0.717) is 22.5 Å². The molecule has 0 radical (unpaired) electrons. The molecule has 2 aromatic heterocycles. The van der Waals surface area contributed by atoms with E-state index in [1.165, 1.54) is 11.8 Å². The maximum absolute atomic E-state index is 13.3. The van der Waals surface area contributed by atoms with Crippen molar-refractivity contribution in [1.82, 2.24) is 29.9 Å². The minimum Gasteiger partial charge on any atom is -0.497 e. The molecular formula is C23H28N6O2S. The number of hydrogen-bond acceptors (Lipinski definition) is 7. The number of piperidine rings is 1. The Labute approximate surface area is 192 Å². The highest BCUT2D eigenvalue weighted by Crippen LogP contribution is 2.26. The molecular weight excluding hydrogens is 424 g/mol. The number of likely N-dealkylation sites (tertiary alicyclic amines) is 1. The van der Waals surface area contributed by atoms with Gasteiger partial charge in [0.1, 0.15) is 5.75 Å². The van der Waals surface area contributed by atoms with E-state index in [2.05, 4.69) is 27.2 Å². The quantitative estimate of drug-likeness (QED) is 0.415. The fourth-order valence-corrected chi connectivity index (χ4v) is 4.72. The second-order valence-electron chi connectivity index (χ2n) is 8.19. The van der Waals surface area contributed by atoms with Crippen LogP contribution in [0.3, 0.4) is 0 Å².